The number of nitrogens with one attached hydrogen (secondary N) is 3. The lowest BCUT2D eigenvalue weighted by atomic mass is 10.1. The third-order valence-corrected chi connectivity index (χ3v) is 6.29. The first kappa shape index (κ1) is 28.1. The number of hydrazone groups is 1. The smallest absolute Gasteiger partial charge is 0.408 e. The lowest BCUT2D eigenvalue weighted by molar-refractivity contribution is -0.123. The number of hydrogen-bond acceptors (Lipinski definition) is 7. The van der Waals surface area contributed by atoms with Crippen LogP contribution in [0.2, 0.25) is 0 Å². The molecule has 0 aliphatic carbocycles. The average molecular weight is 601 g/mol. The van der Waals surface area contributed by atoms with E-state index in [0.29, 0.717) is 27.0 Å². The Morgan fingerprint density at radius 1 is 1.10 bits per heavy atom. The largest absolute Gasteiger partial charge is 0.488 e. The molecule has 3 N–H and O–H groups in total. The Morgan fingerprint density at radius 2 is 1.90 bits per heavy atom. The van der Waals surface area contributed by atoms with Gasteiger partial charge in [0, 0.05) is 23.9 Å². The second kappa shape index (κ2) is 14.3. The zero-order valence-corrected chi connectivity index (χ0v) is 22.8. The molecule has 4 rings (SSSR count). The van der Waals surface area contributed by atoms with Crippen molar-refractivity contribution in [2.75, 3.05) is 0 Å². The van der Waals surface area contributed by atoms with Crippen molar-refractivity contribution in [2.45, 2.75) is 25.7 Å². The molecule has 4 aromatic rings. The Labute approximate surface area is 239 Å². The van der Waals surface area contributed by atoms with Gasteiger partial charge in [-0.3, -0.25) is 4.79 Å². The van der Waals surface area contributed by atoms with E-state index in [1.165, 1.54) is 12.5 Å². The summed E-state index contributed by atoms with van der Waals surface area (Å²) in [5.74, 6) is 0.0597. The van der Waals surface area contributed by atoms with Gasteiger partial charge in [0.05, 0.1) is 28.6 Å². The summed E-state index contributed by atoms with van der Waals surface area (Å²) in [4.78, 5) is 32.2. The number of nitrogens with zero attached hydrogens (tertiary/aromatic N) is 3. The second-order valence-corrected chi connectivity index (χ2v) is 9.38. The molecule has 0 spiro atoms. The third-order valence-electron chi connectivity index (χ3n) is 5.67. The standard InChI is InChI=1S/C29H25BrN6O4/c30-25-12-21(10-11-27(25)39-18-23-9-5-4-8-22(23)14-31)15-34-36-28(37)26(13-24-16-32-19-33-24)35-29(38)40-17-20-6-2-1-3-7-20/h1-12,15-16,19,26H,13,17-18H2,(H,32,33)(H,35,38)(H,36,37)/b34-15-/t26-/m0/s1. The van der Waals surface area contributed by atoms with E-state index in [1.807, 2.05) is 42.5 Å². The van der Waals surface area contributed by atoms with Gasteiger partial charge in [-0.25, -0.2) is 15.2 Å². The fraction of sp³-hybridized carbons (Fsp3) is 0.138. The van der Waals surface area contributed by atoms with Crippen LogP contribution < -0.4 is 15.5 Å². The number of rotatable bonds is 11. The Balaban J connectivity index is 1.33. The van der Waals surface area contributed by atoms with Gasteiger partial charge < -0.3 is 19.8 Å². The number of aromatic nitrogens is 2. The maximum atomic E-state index is 12.9. The first-order valence-electron chi connectivity index (χ1n) is 12.2. The molecule has 0 saturated carbocycles. The van der Waals surface area contributed by atoms with Crippen LogP contribution in [0.3, 0.4) is 0 Å². The van der Waals surface area contributed by atoms with Crippen LogP contribution in [-0.2, 0) is 29.2 Å². The Bertz CT molecular complexity index is 1500. The summed E-state index contributed by atoms with van der Waals surface area (Å²) >= 11 is 3.48. The highest BCUT2D eigenvalue weighted by molar-refractivity contribution is 9.10. The Hall–Kier alpha value is -4.95. The fourth-order valence-corrected chi connectivity index (χ4v) is 4.12. The average Bonchev–Trinajstić information content (AvgIpc) is 3.49. The summed E-state index contributed by atoms with van der Waals surface area (Å²) in [5.41, 5.74) is 5.98. The van der Waals surface area contributed by atoms with E-state index in [-0.39, 0.29) is 19.6 Å². The topological polar surface area (TPSA) is 141 Å². The predicted octanol–water partition coefficient (Wildman–Crippen LogP) is 4.61. The number of halogens is 1. The monoisotopic (exact) mass is 600 g/mol. The number of benzene rings is 3. The van der Waals surface area contributed by atoms with Crippen LogP contribution in [0.5, 0.6) is 5.75 Å². The normalized spacial score (nSPS) is 11.4. The number of nitriles is 1. The molecule has 3 aromatic carbocycles. The Morgan fingerprint density at radius 3 is 2.65 bits per heavy atom. The molecule has 1 atom stereocenters. The van der Waals surface area contributed by atoms with Gasteiger partial charge >= 0.3 is 6.09 Å². The van der Waals surface area contributed by atoms with Crippen LogP contribution in [0, 0.1) is 11.3 Å². The summed E-state index contributed by atoms with van der Waals surface area (Å²) in [6.07, 6.45) is 3.96. The SMILES string of the molecule is N#Cc1ccccc1COc1ccc(/C=N\NC(=O)[C@H](Cc2cnc[nH]2)NC(=O)OCc2ccccc2)cc1Br. The van der Waals surface area contributed by atoms with E-state index in [1.54, 1.807) is 36.5 Å². The predicted molar refractivity (Wildman–Crippen MR) is 151 cm³/mol. The number of alkyl carbamates (subject to hydrolysis) is 1. The maximum Gasteiger partial charge on any atom is 0.408 e. The molecule has 1 aromatic heterocycles. The van der Waals surface area contributed by atoms with E-state index in [2.05, 4.69) is 47.8 Å². The molecule has 40 heavy (non-hydrogen) atoms. The van der Waals surface area contributed by atoms with Gasteiger partial charge in [-0.1, -0.05) is 48.5 Å². The van der Waals surface area contributed by atoms with Gasteiger partial charge in [-0.15, -0.1) is 0 Å². The molecule has 0 aliphatic rings. The third kappa shape index (κ3) is 8.28. The van der Waals surface area contributed by atoms with E-state index >= 15 is 0 Å². The minimum absolute atomic E-state index is 0.0721. The van der Waals surface area contributed by atoms with Gasteiger partial charge in [0.15, 0.2) is 0 Å². The minimum Gasteiger partial charge on any atom is -0.488 e. The number of H-pyrrole nitrogens is 1. The highest BCUT2D eigenvalue weighted by atomic mass is 79.9. The van der Waals surface area contributed by atoms with E-state index in [9.17, 15) is 14.9 Å². The van der Waals surface area contributed by atoms with Gasteiger partial charge in [0.25, 0.3) is 5.91 Å². The first-order chi connectivity index (χ1) is 19.5. The lowest BCUT2D eigenvalue weighted by Crippen LogP contribution is -2.47. The molecular formula is C29H25BrN6O4. The second-order valence-electron chi connectivity index (χ2n) is 8.52. The van der Waals surface area contributed by atoms with Crippen molar-refractivity contribution < 1.29 is 19.1 Å². The quantitative estimate of drug-likeness (QED) is 0.169. The summed E-state index contributed by atoms with van der Waals surface area (Å²) in [7, 11) is 0. The van der Waals surface area contributed by atoms with Crippen molar-refractivity contribution in [3.63, 3.8) is 0 Å². The molecule has 0 saturated heterocycles. The van der Waals surface area contributed by atoms with Crippen molar-refractivity contribution in [1.29, 1.82) is 5.26 Å². The molecule has 0 fully saturated rings. The van der Waals surface area contributed by atoms with Crippen LogP contribution in [0.15, 0.2) is 94.9 Å². The summed E-state index contributed by atoms with van der Waals surface area (Å²) < 4.78 is 11.8. The van der Waals surface area contributed by atoms with Gasteiger partial charge in [0.1, 0.15) is 25.0 Å². The highest BCUT2D eigenvalue weighted by Gasteiger charge is 2.22. The highest BCUT2D eigenvalue weighted by Crippen LogP contribution is 2.26. The minimum atomic E-state index is -0.959. The molecule has 202 valence electrons. The molecule has 0 unspecified atom stereocenters. The number of hydrogen-bond donors (Lipinski definition) is 3. The van der Waals surface area contributed by atoms with Gasteiger partial charge in [0.2, 0.25) is 0 Å². The number of imidazole rings is 1. The molecule has 0 bridgehead atoms. The number of carbonyl (C=O) groups is 2. The van der Waals surface area contributed by atoms with Gasteiger partial charge in [-0.05, 0) is 51.3 Å². The van der Waals surface area contributed by atoms with Crippen LogP contribution >= 0.6 is 15.9 Å². The van der Waals surface area contributed by atoms with Crippen molar-refractivity contribution in [3.05, 3.63) is 118 Å². The van der Waals surface area contributed by atoms with Crippen molar-refractivity contribution >= 4 is 34.1 Å². The van der Waals surface area contributed by atoms with E-state index < -0.39 is 18.0 Å². The summed E-state index contributed by atoms with van der Waals surface area (Å²) in [6.45, 7) is 0.312. The molecule has 0 aliphatic heterocycles. The van der Waals surface area contributed by atoms with Crippen LogP contribution in [-0.4, -0.2) is 34.2 Å². The molecule has 10 nitrogen and oxygen atoms in total. The lowest BCUT2D eigenvalue weighted by Gasteiger charge is -2.16. The zero-order chi connectivity index (χ0) is 28.2. The van der Waals surface area contributed by atoms with Crippen molar-refractivity contribution in [2.24, 2.45) is 5.10 Å². The van der Waals surface area contributed by atoms with Crippen LogP contribution in [0.1, 0.15) is 27.9 Å². The van der Waals surface area contributed by atoms with Crippen LogP contribution in [0.25, 0.3) is 0 Å². The molecule has 11 heteroatoms. The summed E-state index contributed by atoms with van der Waals surface area (Å²) in [5, 5.41) is 15.9. The number of carbonyl (C=O) groups excluding carboxylic acids is 2. The number of ether oxygens (including phenoxy) is 2. The molecular weight excluding hydrogens is 576 g/mol. The molecule has 0 radical (unpaired) electrons. The number of aromatic amines is 1. The first-order valence-corrected chi connectivity index (χ1v) is 13.0. The van der Waals surface area contributed by atoms with E-state index in [4.69, 9.17) is 9.47 Å². The number of amides is 2. The van der Waals surface area contributed by atoms with Crippen molar-refractivity contribution in [1.82, 2.24) is 20.7 Å². The fourth-order valence-electron chi connectivity index (χ4n) is 3.61. The Kier molecular flexibility index (Phi) is 10.0. The molecule has 2 amide bonds. The van der Waals surface area contributed by atoms with Gasteiger partial charge in [-0.2, -0.15) is 10.4 Å². The van der Waals surface area contributed by atoms with Crippen LogP contribution in [0.4, 0.5) is 4.79 Å². The molecule has 1 heterocycles. The van der Waals surface area contributed by atoms with E-state index in [0.717, 1.165) is 11.1 Å². The van der Waals surface area contributed by atoms with Crippen molar-refractivity contribution in [3.8, 4) is 11.8 Å². The zero-order valence-electron chi connectivity index (χ0n) is 21.2. The maximum absolute atomic E-state index is 12.9. The summed E-state index contributed by atoms with van der Waals surface area (Å²) in [6, 6.07) is 23.0.